The minimum absolute atomic E-state index is 0.00510. The van der Waals surface area contributed by atoms with Gasteiger partial charge in [-0.15, -0.1) is 0 Å². The van der Waals surface area contributed by atoms with E-state index in [2.05, 4.69) is 15.5 Å². The molecular formula is C25H34FN5O. The van der Waals surface area contributed by atoms with Crippen LogP contribution in [0.25, 0.3) is 0 Å². The summed E-state index contributed by atoms with van der Waals surface area (Å²) in [7, 11) is 3.52. The third-order valence-corrected chi connectivity index (χ3v) is 5.53. The molecule has 1 amide bonds. The van der Waals surface area contributed by atoms with E-state index in [4.69, 9.17) is 4.99 Å². The molecule has 2 N–H and O–H groups in total. The third-order valence-electron chi connectivity index (χ3n) is 5.53. The van der Waals surface area contributed by atoms with E-state index in [1.165, 1.54) is 6.07 Å². The highest BCUT2D eigenvalue weighted by Crippen LogP contribution is 2.20. The SMILES string of the molecule is CCNC(=NCCc1cccc(C(=O)N(C)C)c1)NC1CCCN(c2cccc(F)c2)C1. The summed E-state index contributed by atoms with van der Waals surface area (Å²) in [6.07, 6.45) is 2.84. The van der Waals surface area contributed by atoms with Crippen LogP contribution < -0.4 is 15.5 Å². The largest absolute Gasteiger partial charge is 0.369 e. The maximum Gasteiger partial charge on any atom is 0.253 e. The molecule has 1 fully saturated rings. The molecule has 6 nitrogen and oxygen atoms in total. The van der Waals surface area contributed by atoms with E-state index >= 15 is 0 Å². The summed E-state index contributed by atoms with van der Waals surface area (Å²) in [5.41, 5.74) is 2.71. The van der Waals surface area contributed by atoms with E-state index in [0.29, 0.717) is 12.1 Å². The van der Waals surface area contributed by atoms with Gasteiger partial charge in [-0.05, 0) is 62.1 Å². The van der Waals surface area contributed by atoms with Crippen LogP contribution in [0.3, 0.4) is 0 Å². The number of carbonyl (C=O) groups is 1. The fourth-order valence-electron chi connectivity index (χ4n) is 3.93. The molecule has 172 valence electrons. The first-order chi connectivity index (χ1) is 15.5. The molecule has 7 heteroatoms. The van der Waals surface area contributed by atoms with Gasteiger partial charge in [-0.3, -0.25) is 9.79 Å². The van der Waals surface area contributed by atoms with Gasteiger partial charge in [0.05, 0.1) is 0 Å². The molecule has 1 atom stereocenters. The average molecular weight is 440 g/mol. The highest BCUT2D eigenvalue weighted by Gasteiger charge is 2.21. The monoisotopic (exact) mass is 439 g/mol. The summed E-state index contributed by atoms with van der Waals surface area (Å²) in [4.78, 5) is 20.7. The summed E-state index contributed by atoms with van der Waals surface area (Å²) in [6, 6.07) is 14.8. The lowest BCUT2D eigenvalue weighted by Gasteiger charge is -2.35. The number of halogens is 1. The van der Waals surface area contributed by atoms with Gasteiger partial charge in [0.1, 0.15) is 5.82 Å². The minimum Gasteiger partial charge on any atom is -0.369 e. The van der Waals surface area contributed by atoms with E-state index in [0.717, 1.165) is 56.1 Å². The van der Waals surface area contributed by atoms with Crippen molar-refractivity contribution < 1.29 is 9.18 Å². The number of benzene rings is 2. The zero-order chi connectivity index (χ0) is 22.9. The van der Waals surface area contributed by atoms with Crippen molar-refractivity contribution in [2.75, 3.05) is 45.2 Å². The van der Waals surface area contributed by atoms with Crippen LogP contribution in [0.15, 0.2) is 53.5 Å². The molecule has 1 heterocycles. The summed E-state index contributed by atoms with van der Waals surface area (Å²) < 4.78 is 13.6. The molecule has 32 heavy (non-hydrogen) atoms. The van der Waals surface area contributed by atoms with Crippen molar-refractivity contribution in [3.63, 3.8) is 0 Å². The Balaban J connectivity index is 1.59. The molecule has 1 aliphatic rings. The molecule has 0 aromatic heterocycles. The average Bonchev–Trinajstić information content (AvgIpc) is 2.79. The first-order valence-electron chi connectivity index (χ1n) is 11.3. The second-order valence-electron chi connectivity index (χ2n) is 8.32. The van der Waals surface area contributed by atoms with Crippen LogP contribution in [0.5, 0.6) is 0 Å². The van der Waals surface area contributed by atoms with Crippen molar-refractivity contribution in [2.24, 2.45) is 4.99 Å². The Bertz CT molecular complexity index is 930. The zero-order valence-electron chi connectivity index (χ0n) is 19.3. The Hall–Kier alpha value is -3.09. The minimum atomic E-state index is -0.205. The molecule has 1 unspecified atom stereocenters. The molecule has 0 spiro atoms. The van der Waals surface area contributed by atoms with Crippen LogP contribution >= 0.6 is 0 Å². The van der Waals surface area contributed by atoms with E-state index in [-0.39, 0.29) is 17.8 Å². The van der Waals surface area contributed by atoms with Gasteiger partial charge in [-0.1, -0.05) is 18.2 Å². The molecule has 1 aliphatic heterocycles. The normalized spacial score (nSPS) is 16.6. The second kappa shape index (κ2) is 11.5. The molecule has 1 saturated heterocycles. The summed E-state index contributed by atoms with van der Waals surface area (Å²) in [5.74, 6) is 0.591. The first-order valence-corrected chi connectivity index (χ1v) is 11.3. The smallest absolute Gasteiger partial charge is 0.253 e. The number of amides is 1. The van der Waals surface area contributed by atoms with Crippen molar-refractivity contribution in [1.82, 2.24) is 15.5 Å². The topological polar surface area (TPSA) is 60.0 Å². The number of anilines is 1. The number of carbonyl (C=O) groups excluding carboxylic acids is 1. The Morgan fingerprint density at radius 1 is 1.22 bits per heavy atom. The van der Waals surface area contributed by atoms with Gasteiger partial charge >= 0.3 is 0 Å². The van der Waals surface area contributed by atoms with Crippen molar-refractivity contribution in [1.29, 1.82) is 0 Å². The molecule has 0 saturated carbocycles. The summed E-state index contributed by atoms with van der Waals surface area (Å²) >= 11 is 0. The molecular weight excluding hydrogens is 405 g/mol. The number of guanidine groups is 1. The molecule has 3 rings (SSSR count). The molecule has 2 aromatic rings. The fraction of sp³-hybridized carbons (Fsp3) is 0.440. The predicted molar refractivity (Wildman–Crippen MR) is 129 cm³/mol. The van der Waals surface area contributed by atoms with Crippen molar-refractivity contribution in [3.8, 4) is 0 Å². The van der Waals surface area contributed by atoms with Crippen molar-refractivity contribution >= 4 is 17.6 Å². The molecule has 0 aliphatic carbocycles. The van der Waals surface area contributed by atoms with E-state index < -0.39 is 0 Å². The first kappa shape index (κ1) is 23.6. The molecule has 0 bridgehead atoms. The number of aliphatic imine (C=N–C) groups is 1. The number of hydrogen-bond acceptors (Lipinski definition) is 3. The lowest BCUT2D eigenvalue weighted by atomic mass is 10.0. The fourth-order valence-corrected chi connectivity index (χ4v) is 3.93. The Labute approximate surface area is 190 Å². The van der Waals surface area contributed by atoms with Gasteiger partial charge in [-0.2, -0.15) is 0 Å². The lowest BCUT2D eigenvalue weighted by molar-refractivity contribution is 0.0827. The van der Waals surface area contributed by atoms with Crippen LogP contribution in [0.2, 0.25) is 0 Å². The van der Waals surface area contributed by atoms with Gasteiger partial charge in [0.15, 0.2) is 5.96 Å². The number of hydrogen-bond donors (Lipinski definition) is 2. The number of nitrogens with zero attached hydrogens (tertiary/aromatic N) is 3. The van der Waals surface area contributed by atoms with Crippen molar-refractivity contribution in [2.45, 2.75) is 32.2 Å². The summed E-state index contributed by atoms with van der Waals surface area (Å²) in [6.45, 7) is 5.18. The summed E-state index contributed by atoms with van der Waals surface area (Å²) in [5, 5.41) is 6.87. The standard InChI is InChI=1S/C25H34FN5O/c1-4-27-25(28-14-13-19-8-5-9-20(16-19)24(32)30(2)3)29-22-11-7-15-31(18-22)23-12-6-10-21(26)17-23/h5-6,8-10,12,16-17,22H,4,7,11,13-15,18H2,1-3H3,(H2,27,28,29). The maximum absolute atomic E-state index is 13.6. The van der Waals surface area contributed by atoms with Crippen LogP contribution in [-0.4, -0.2) is 63.1 Å². The van der Waals surface area contributed by atoms with E-state index in [9.17, 15) is 9.18 Å². The maximum atomic E-state index is 13.6. The Morgan fingerprint density at radius 2 is 2.03 bits per heavy atom. The third kappa shape index (κ3) is 6.70. The number of nitrogens with one attached hydrogen (secondary N) is 2. The van der Waals surface area contributed by atoms with Gasteiger partial charge in [0, 0.05) is 57.6 Å². The van der Waals surface area contributed by atoms with Gasteiger partial charge in [0.25, 0.3) is 5.91 Å². The van der Waals surface area contributed by atoms with Crippen LogP contribution in [0.1, 0.15) is 35.7 Å². The lowest BCUT2D eigenvalue weighted by Crippen LogP contribution is -2.51. The van der Waals surface area contributed by atoms with Crippen LogP contribution in [0.4, 0.5) is 10.1 Å². The Morgan fingerprint density at radius 3 is 2.78 bits per heavy atom. The second-order valence-corrected chi connectivity index (χ2v) is 8.32. The van der Waals surface area contributed by atoms with Crippen LogP contribution in [-0.2, 0) is 6.42 Å². The highest BCUT2D eigenvalue weighted by atomic mass is 19.1. The Kier molecular flexibility index (Phi) is 8.48. The quantitative estimate of drug-likeness (QED) is 0.513. The highest BCUT2D eigenvalue weighted by molar-refractivity contribution is 5.94. The van der Waals surface area contributed by atoms with Crippen LogP contribution in [0, 0.1) is 5.82 Å². The van der Waals surface area contributed by atoms with E-state index in [1.54, 1.807) is 31.1 Å². The van der Waals surface area contributed by atoms with Gasteiger partial charge in [-0.25, -0.2) is 4.39 Å². The van der Waals surface area contributed by atoms with Crippen molar-refractivity contribution in [3.05, 3.63) is 65.5 Å². The molecule has 0 radical (unpaired) electrons. The van der Waals surface area contributed by atoms with E-state index in [1.807, 2.05) is 37.3 Å². The zero-order valence-corrected chi connectivity index (χ0v) is 19.3. The van der Waals surface area contributed by atoms with Gasteiger partial charge < -0.3 is 20.4 Å². The number of piperidine rings is 1. The molecule has 2 aromatic carbocycles. The predicted octanol–water partition coefficient (Wildman–Crippen LogP) is 3.29. The van der Waals surface area contributed by atoms with Gasteiger partial charge in [0.2, 0.25) is 0 Å². The number of rotatable bonds is 7.